The second kappa shape index (κ2) is 9.78. The average molecular weight is 391 g/mol. The monoisotopic (exact) mass is 390 g/mol. The van der Waals surface area contributed by atoms with E-state index < -0.39 is 0 Å². The Hall–Kier alpha value is -1.02. The van der Waals surface area contributed by atoms with Crippen LogP contribution in [-0.4, -0.2) is 13.7 Å². The van der Waals surface area contributed by atoms with Crippen molar-refractivity contribution < 1.29 is 4.74 Å². The topological polar surface area (TPSA) is 9.23 Å². The van der Waals surface area contributed by atoms with E-state index in [0.717, 1.165) is 18.1 Å². The highest BCUT2D eigenvalue weighted by atomic mass is 35.5. The maximum absolute atomic E-state index is 6.15. The fourth-order valence-electron chi connectivity index (χ4n) is 4.09. The number of halogens is 2. The van der Waals surface area contributed by atoms with E-state index in [1.54, 1.807) is 7.11 Å². The summed E-state index contributed by atoms with van der Waals surface area (Å²) in [6, 6.07) is 14.8. The van der Waals surface area contributed by atoms with Crippen LogP contribution in [-0.2, 0) is 4.74 Å². The van der Waals surface area contributed by atoms with E-state index in [0.29, 0.717) is 16.0 Å². The Balaban J connectivity index is 1.54. The fraction of sp³-hybridized carbons (Fsp3) is 0.478. The van der Waals surface area contributed by atoms with Crippen molar-refractivity contribution in [1.29, 1.82) is 0 Å². The minimum atomic E-state index is 0.603. The van der Waals surface area contributed by atoms with Crippen LogP contribution in [0.4, 0.5) is 0 Å². The molecule has 1 saturated carbocycles. The molecular formula is C23H28Cl2O. The number of hydrogen-bond donors (Lipinski definition) is 0. The van der Waals surface area contributed by atoms with Gasteiger partial charge in [0.15, 0.2) is 0 Å². The number of ether oxygens (including phenoxy) is 1. The summed E-state index contributed by atoms with van der Waals surface area (Å²) in [7, 11) is 1.79. The van der Waals surface area contributed by atoms with E-state index in [4.69, 9.17) is 27.9 Å². The molecular weight excluding hydrogens is 363 g/mol. The highest BCUT2D eigenvalue weighted by molar-refractivity contribution is 6.42. The second-order valence-electron chi connectivity index (χ2n) is 7.46. The van der Waals surface area contributed by atoms with Crippen LogP contribution in [0.3, 0.4) is 0 Å². The van der Waals surface area contributed by atoms with Crippen molar-refractivity contribution in [3.05, 3.63) is 58.1 Å². The van der Waals surface area contributed by atoms with Gasteiger partial charge in [0, 0.05) is 13.7 Å². The van der Waals surface area contributed by atoms with Gasteiger partial charge in [-0.05, 0) is 72.8 Å². The zero-order valence-electron chi connectivity index (χ0n) is 15.5. The van der Waals surface area contributed by atoms with Crippen LogP contribution >= 0.6 is 23.2 Å². The van der Waals surface area contributed by atoms with Crippen molar-refractivity contribution in [3.8, 4) is 11.1 Å². The van der Waals surface area contributed by atoms with Crippen LogP contribution in [0.25, 0.3) is 11.1 Å². The standard InChI is InChI=1S/C23H28Cl2O/c1-26-15-3-2-4-17-5-7-18(8-6-17)19-9-11-20(12-10-19)21-13-14-22(24)23(25)16-21/h9-14,16-18H,2-8,15H2,1H3. The van der Waals surface area contributed by atoms with Crippen molar-refractivity contribution >= 4 is 23.2 Å². The van der Waals surface area contributed by atoms with E-state index >= 15 is 0 Å². The molecule has 140 valence electrons. The number of hydrogen-bond acceptors (Lipinski definition) is 1. The fourth-order valence-corrected chi connectivity index (χ4v) is 4.39. The van der Waals surface area contributed by atoms with E-state index in [1.165, 1.54) is 56.1 Å². The van der Waals surface area contributed by atoms with Gasteiger partial charge in [0.1, 0.15) is 0 Å². The lowest BCUT2D eigenvalue weighted by Crippen LogP contribution is -2.13. The predicted molar refractivity (Wildman–Crippen MR) is 112 cm³/mol. The number of unbranched alkanes of at least 4 members (excludes halogenated alkanes) is 1. The van der Waals surface area contributed by atoms with E-state index in [1.807, 2.05) is 18.2 Å². The number of benzene rings is 2. The molecule has 0 amide bonds. The lowest BCUT2D eigenvalue weighted by molar-refractivity contribution is 0.187. The van der Waals surface area contributed by atoms with Crippen LogP contribution in [0.1, 0.15) is 56.4 Å². The van der Waals surface area contributed by atoms with Crippen molar-refractivity contribution in [2.45, 2.75) is 50.9 Å². The van der Waals surface area contributed by atoms with Crippen LogP contribution in [0, 0.1) is 5.92 Å². The molecule has 1 fully saturated rings. The van der Waals surface area contributed by atoms with Gasteiger partial charge in [0.25, 0.3) is 0 Å². The smallest absolute Gasteiger partial charge is 0.0598 e. The summed E-state index contributed by atoms with van der Waals surface area (Å²) in [6.07, 6.45) is 9.25. The highest BCUT2D eigenvalue weighted by Crippen LogP contribution is 2.38. The largest absolute Gasteiger partial charge is 0.385 e. The molecule has 0 spiro atoms. The summed E-state index contributed by atoms with van der Waals surface area (Å²) < 4.78 is 5.15. The Morgan fingerprint density at radius 3 is 2.19 bits per heavy atom. The Bertz CT molecular complexity index is 688. The van der Waals surface area contributed by atoms with Gasteiger partial charge in [-0.25, -0.2) is 0 Å². The lowest BCUT2D eigenvalue weighted by Gasteiger charge is -2.29. The SMILES string of the molecule is COCCCCC1CCC(c2ccc(-c3ccc(Cl)c(Cl)c3)cc2)CC1. The molecule has 26 heavy (non-hydrogen) atoms. The molecule has 0 radical (unpaired) electrons. The molecule has 0 bridgehead atoms. The lowest BCUT2D eigenvalue weighted by atomic mass is 9.77. The van der Waals surface area contributed by atoms with Gasteiger partial charge >= 0.3 is 0 Å². The van der Waals surface area contributed by atoms with Crippen LogP contribution < -0.4 is 0 Å². The molecule has 1 nitrogen and oxygen atoms in total. The molecule has 2 aromatic rings. The van der Waals surface area contributed by atoms with E-state index in [2.05, 4.69) is 24.3 Å². The van der Waals surface area contributed by atoms with Gasteiger partial charge in [-0.1, -0.05) is 66.4 Å². The molecule has 3 rings (SSSR count). The van der Waals surface area contributed by atoms with Crippen molar-refractivity contribution in [1.82, 2.24) is 0 Å². The van der Waals surface area contributed by atoms with Gasteiger partial charge in [0.05, 0.1) is 10.0 Å². The normalized spacial score (nSPS) is 20.3. The first-order valence-electron chi connectivity index (χ1n) is 9.71. The van der Waals surface area contributed by atoms with Crippen molar-refractivity contribution in [3.63, 3.8) is 0 Å². The van der Waals surface area contributed by atoms with Crippen LogP contribution in [0.5, 0.6) is 0 Å². The molecule has 3 heteroatoms. The third-order valence-corrected chi connectivity index (χ3v) is 6.43. The summed E-state index contributed by atoms with van der Waals surface area (Å²) in [6.45, 7) is 0.903. The third kappa shape index (κ3) is 5.25. The van der Waals surface area contributed by atoms with Gasteiger partial charge in [0.2, 0.25) is 0 Å². The zero-order chi connectivity index (χ0) is 18.4. The summed E-state index contributed by atoms with van der Waals surface area (Å²) >= 11 is 12.2. The van der Waals surface area contributed by atoms with Crippen LogP contribution in [0.15, 0.2) is 42.5 Å². The maximum Gasteiger partial charge on any atom is 0.0598 e. The van der Waals surface area contributed by atoms with Crippen LogP contribution in [0.2, 0.25) is 10.0 Å². The maximum atomic E-state index is 6.15. The average Bonchev–Trinajstić information content (AvgIpc) is 2.68. The molecule has 0 heterocycles. The van der Waals surface area contributed by atoms with Gasteiger partial charge in [-0.2, -0.15) is 0 Å². The summed E-state index contributed by atoms with van der Waals surface area (Å²) in [5.41, 5.74) is 3.79. The first-order valence-corrected chi connectivity index (χ1v) is 10.5. The Kier molecular flexibility index (Phi) is 7.42. The van der Waals surface area contributed by atoms with Crippen molar-refractivity contribution in [2.75, 3.05) is 13.7 Å². The zero-order valence-corrected chi connectivity index (χ0v) is 17.0. The first-order chi connectivity index (χ1) is 12.7. The number of rotatable bonds is 7. The molecule has 0 aromatic heterocycles. The van der Waals surface area contributed by atoms with Gasteiger partial charge in [-0.15, -0.1) is 0 Å². The number of methoxy groups -OCH3 is 1. The predicted octanol–water partition coefficient (Wildman–Crippen LogP) is 7.75. The molecule has 1 aliphatic carbocycles. The summed E-state index contributed by atoms with van der Waals surface area (Å²) in [5, 5.41) is 1.21. The molecule has 0 atom stereocenters. The molecule has 1 aliphatic rings. The minimum absolute atomic E-state index is 0.603. The van der Waals surface area contributed by atoms with Crippen molar-refractivity contribution in [2.24, 2.45) is 5.92 Å². The quantitative estimate of drug-likeness (QED) is 0.438. The minimum Gasteiger partial charge on any atom is -0.385 e. The molecule has 2 aromatic carbocycles. The molecule has 0 saturated heterocycles. The summed E-state index contributed by atoms with van der Waals surface area (Å²) in [4.78, 5) is 0. The first kappa shape index (κ1) is 19.7. The Morgan fingerprint density at radius 2 is 1.54 bits per heavy atom. The van der Waals surface area contributed by atoms with E-state index in [-0.39, 0.29) is 0 Å². The Morgan fingerprint density at radius 1 is 0.846 bits per heavy atom. The molecule has 0 unspecified atom stereocenters. The molecule has 0 N–H and O–H groups in total. The van der Waals surface area contributed by atoms with Gasteiger partial charge < -0.3 is 4.74 Å². The summed E-state index contributed by atoms with van der Waals surface area (Å²) in [5.74, 6) is 1.63. The second-order valence-corrected chi connectivity index (χ2v) is 8.27. The highest BCUT2D eigenvalue weighted by Gasteiger charge is 2.22. The van der Waals surface area contributed by atoms with Gasteiger partial charge in [-0.3, -0.25) is 0 Å². The molecule has 0 aliphatic heterocycles. The third-order valence-electron chi connectivity index (χ3n) is 5.69. The van der Waals surface area contributed by atoms with E-state index in [9.17, 15) is 0 Å². The Labute approximate surface area is 167 Å².